The van der Waals surface area contributed by atoms with Crippen LogP contribution in [-0.4, -0.2) is 39.0 Å². The highest BCUT2D eigenvalue weighted by molar-refractivity contribution is 5.79. The third-order valence-electron chi connectivity index (χ3n) is 4.57. The highest BCUT2D eigenvalue weighted by Crippen LogP contribution is 2.31. The van der Waals surface area contributed by atoms with Crippen molar-refractivity contribution in [2.24, 2.45) is 0 Å². The molecule has 1 saturated heterocycles. The first-order chi connectivity index (χ1) is 11.8. The van der Waals surface area contributed by atoms with Crippen LogP contribution in [-0.2, 0) is 17.4 Å². The molecule has 1 atom stereocenters. The Kier molecular flexibility index (Phi) is 4.57. The van der Waals surface area contributed by atoms with E-state index in [0.29, 0.717) is 31.0 Å². The molecule has 0 bridgehead atoms. The van der Waals surface area contributed by atoms with Gasteiger partial charge in [-0.25, -0.2) is 4.98 Å². The van der Waals surface area contributed by atoms with Gasteiger partial charge < -0.3 is 14.4 Å². The van der Waals surface area contributed by atoms with Crippen molar-refractivity contribution in [3.63, 3.8) is 0 Å². The number of nitrogens with zero attached hydrogens (tertiary/aromatic N) is 3. The van der Waals surface area contributed by atoms with Crippen LogP contribution < -0.4 is 0 Å². The Hall–Kier alpha value is -2.32. The molecule has 0 aliphatic carbocycles. The number of carbonyl (C=O) groups is 1. The molecule has 136 valence electrons. The van der Waals surface area contributed by atoms with E-state index in [1.54, 1.807) is 18.7 Å². The molecule has 3 rings (SSSR count). The number of nitrogens with one attached hydrogen (secondary N) is 1. The Morgan fingerprint density at radius 1 is 1.44 bits per heavy atom. The largest absolute Gasteiger partial charge is 0.432 e. The van der Waals surface area contributed by atoms with Gasteiger partial charge in [-0.3, -0.25) is 4.79 Å². The van der Waals surface area contributed by atoms with Gasteiger partial charge in [-0.1, -0.05) is 5.16 Å². The van der Waals surface area contributed by atoms with Crippen molar-refractivity contribution in [2.75, 3.05) is 13.1 Å². The lowest BCUT2D eigenvalue weighted by Gasteiger charge is -2.32. The second-order valence-corrected chi connectivity index (χ2v) is 6.34. The molecule has 2 aromatic rings. The maximum Gasteiger partial charge on any atom is 0.432 e. The summed E-state index contributed by atoms with van der Waals surface area (Å²) in [5.74, 6) is 0.586. The summed E-state index contributed by atoms with van der Waals surface area (Å²) >= 11 is 0. The first kappa shape index (κ1) is 17.5. The predicted molar refractivity (Wildman–Crippen MR) is 81.8 cm³/mol. The van der Waals surface area contributed by atoms with Crippen molar-refractivity contribution >= 4 is 5.91 Å². The molecule has 0 radical (unpaired) electrons. The summed E-state index contributed by atoms with van der Waals surface area (Å²) in [4.78, 5) is 20.4. The summed E-state index contributed by atoms with van der Waals surface area (Å²) in [7, 11) is 0. The minimum absolute atomic E-state index is 0.0818. The zero-order valence-electron chi connectivity index (χ0n) is 14.0. The lowest BCUT2D eigenvalue weighted by Crippen LogP contribution is -2.40. The van der Waals surface area contributed by atoms with Crippen LogP contribution in [0.1, 0.15) is 47.3 Å². The highest BCUT2D eigenvalue weighted by Gasteiger charge is 2.35. The predicted octanol–water partition coefficient (Wildman–Crippen LogP) is 2.98. The molecule has 1 aliphatic rings. The molecule has 1 amide bonds. The molecule has 2 aromatic heterocycles. The molecule has 1 fully saturated rings. The van der Waals surface area contributed by atoms with Crippen LogP contribution in [0.25, 0.3) is 0 Å². The third kappa shape index (κ3) is 3.69. The minimum Gasteiger partial charge on any atom is -0.361 e. The lowest BCUT2D eigenvalue weighted by atomic mass is 9.96. The van der Waals surface area contributed by atoms with Crippen LogP contribution in [0.3, 0.4) is 0 Å². The summed E-state index contributed by atoms with van der Waals surface area (Å²) in [5, 5.41) is 3.84. The van der Waals surface area contributed by atoms with Gasteiger partial charge in [0.25, 0.3) is 0 Å². The van der Waals surface area contributed by atoms with E-state index in [9.17, 15) is 18.0 Å². The summed E-state index contributed by atoms with van der Waals surface area (Å²) < 4.78 is 43.2. The number of aromatic amines is 1. The number of hydrogen-bond donors (Lipinski definition) is 1. The van der Waals surface area contributed by atoms with Crippen LogP contribution in [0.5, 0.6) is 0 Å². The van der Waals surface area contributed by atoms with Gasteiger partial charge in [0.05, 0.1) is 18.3 Å². The molecule has 6 nitrogen and oxygen atoms in total. The maximum atomic E-state index is 12.7. The van der Waals surface area contributed by atoms with E-state index in [-0.39, 0.29) is 24.1 Å². The van der Waals surface area contributed by atoms with Gasteiger partial charge in [-0.2, -0.15) is 13.2 Å². The van der Waals surface area contributed by atoms with Gasteiger partial charge in [0.15, 0.2) is 0 Å². The molecule has 0 spiro atoms. The number of amides is 1. The van der Waals surface area contributed by atoms with Crippen LogP contribution in [0.15, 0.2) is 10.7 Å². The molecule has 1 N–H and O–H groups in total. The summed E-state index contributed by atoms with van der Waals surface area (Å²) in [6.07, 6.45) is -2.04. The van der Waals surface area contributed by atoms with Crippen molar-refractivity contribution in [2.45, 2.75) is 45.2 Å². The number of aryl methyl sites for hydroxylation is 2. The van der Waals surface area contributed by atoms with E-state index >= 15 is 0 Å². The monoisotopic (exact) mass is 356 g/mol. The van der Waals surface area contributed by atoms with E-state index in [1.807, 2.05) is 0 Å². The normalized spacial score (nSPS) is 18.6. The van der Waals surface area contributed by atoms with Gasteiger partial charge >= 0.3 is 6.18 Å². The van der Waals surface area contributed by atoms with Crippen LogP contribution in [0, 0.1) is 13.8 Å². The van der Waals surface area contributed by atoms with Crippen molar-refractivity contribution in [3.05, 3.63) is 34.7 Å². The number of rotatable bonds is 3. The second kappa shape index (κ2) is 6.53. The number of alkyl halides is 3. The first-order valence-electron chi connectivity index (χ1n) is 8.07. The molecule has 25 heavy (non-hydrogen) atoms. The Morgan fingerprint density at radius 3 is 2.80 bits per heavy atom. The van der Waals surface area contributed by atoms with Crippen LogP contribution in [0.4, 0.5) is 13.2 Å². The van der Waals surface area contributed by atoms with Crippen molar-refractivity contribution in [1.29, 1.82) is 0 Å². The number of aromatic nitrogens is 3. The molecule has 0 aromatic carbocycles. The Balaban J connectivity index is 1.68. The Labute approximate surface area is 142 Å². The molecular weight excluding hydrogens is 337 g/mol. The maximum absolute atomic E-state index is 12.7. The number of H-pyrrole nitrogens is 1. The molecule has 9 heteroatoms. The lowest BCUT2D eigenvalue weighted by molar-refractivity contribution is -0.141. The molecule has 0 saturated carbocycles. The number of piperidine rings is 1. The minimum atomic E-state index is -4.45. The van der Waals surface area contributed by atoms with E-state index in [4.69, 9.17) is 4.52 Å². The Bertz CT molecular complexity index is 746. The number of imidazole rings is 1. The number of carbonyl (C=O) groups excluding carboxylic acids is 1. The fraction of sp³-hybridized carbons (Fsp3) is 0.562. The first-order valence-corrected chi connectivity index (χ1v) is 8.07. The molecule has 3 heterocycles. The van der Waals surface area contributed by atoms with E-state index in [0.717, 1.165) is 18.2 Å². The van der Waals surface area contributed by atoms with Gasteiger partial charge in [0, 0.05) is 24.6 Å². The van der Waals surface area contributed by atoms with Gasteiger partial charge in [-0.05, 0) is 26.7 Å². The van der Waals surface area contributed by atoms with E-state index in [1.165, 1.54) is 0 Å². The summed E-state index contributed by atoms with van der Waals surface area (Å²) in [6.45, 7) is 4.47. The molecular formula is C16H19F3N4O2. The SMILES string of the molecule is Cc1noc(C)c1CC(=O)N1CCC[C@H](c2ncc(C(F)(F)F)[nH]2)C1. The quantitative estimate of drug-likeness (QED) is 0.917. The summed E-state index contributed by atoms with van der Waals surface area (Å²) in [5.41, 5.74) is 0.589. The zero-order chi connectivity index (χ0) is 18.2. The summed E-state index contributed by atoms with van der Waals surface area (Å²) in [6, 6.07) is 0. The second-order valence-electron chi connectivity index (χ2n) is 6.34. The highest BCUT2D eigenvalue weighted by atomic mass is 19.4. The standard InChI is InChI=1S/C16H19F3N4O2/c1-9-12(10(2)25-22-9)6-14(24)23-5-3-4-11(8-23)15-20-7-13(21-15)16(17,18)19/h7,11H,3-6,8H2,1-2H3,(H,20,21)/t11-/m0/s1. The molecule has 1 aliphatic heterocycles. The average Bonchev–Trinajstić information content (AvgIpc) is 3.17. The number of hydrogen-bond acceptors (Lipinski definition) is 4. The molecule has 0 unspecified atom stereocenters. The Morgan fingerprint density at radius 2 is 2.20 bits per heavy atom. The van der Waals surface area contributed by atoms with E-state index in [2.05, 4.69) is 15.1 Å². The van der Waals surface area contributed by atoms with Crippen LogP contribution >= 0.6 is 0 Å². The number of halogens is 3. The van der Waals surface area contributed by atoms with Crippen molar-refractivity contribution in [3.8, 4) is 0 Å². The number of likely N-dealkylation sites (tertiary alicyclic amines) is 1. The average molecular weight is 356 g/mol. The topological polar surface area (TPSA) is 75.0 Å². The van der Waals surface area contributed by atoms with Gasteiger partial charge in [-0.15, -0.1) is 0 Å². The zero-order valence-corrected chi connectivity index (χ0v) is 14.0. The fourth-order valence-electron chi connectivity index (χ4n) is 3.13. The van der Waals surface area contributed by atoms with Crippen molar-refractivity contribution < 1.29 is 22.5 Å². The van der Waals surface area contributed by atoms with Gasteiger partial charge in [0.2, 0.25) is 5.91 Å². The van der Waals surface area contributed by atoms with Crippen molar-refractivity contribution in [1.82, 2.24) is 20.0 Å². The van der Waals surface area contributed by atoms with E-state index < -0.39 is 11.9 Å². The fourth-order valence-corrected chi connectivity index (χ4v) is 3.13. The van der Waals surface area contributed by atoms with Crippen LogP contribution in [0.2, 0.25) is 0 Å². The van der Waals surface area contributed by atoms with Gasteiger partial charge in [0.1, 0.15) is 17.3 Å². The smallest absolute Gasteiger partial charge is 0.361 e. The third-order valence-corrected chi connectivity index (χ3v) is 4.57.